The maximum atomic E-state index is 5.71. The highest BCUT2D eigenvalue weighted by atomic mass is 79.9. The number of rotatable bonds is 0. The Balaban J connectivity index is 3.46. The second-order valence-electron chi connectivity index (χ2n) is 2.61. The van der Waals surface area contributed by atoms with Crippen molar-refractivity contribution in [2.24, 2.45) is 0 Å². The summed E-state index contributed by atoms with van der Waals surface area (Å²) in [5, 5.41) is 0. The molecular formula is C7H10BBrN2. The van der Waals surface area contributed by atoms with Crippen LogP contribution in [-0.2, 0) is 0 Å². The standard InChI is InChI=1S/C7H10BBrN2/c1-3-6(8)4(9)2-5(10)7(3)11/h2H,8,10-11H2,1H3. The number of benzene rings is 1. The zero-order valence-electron chi connectivity index (χ0n) is 6.61. The molecule has 0 saturated carbocycles. The smallest absolute Gasteiger partial charge is 0.141 e. The van der Waals surface area contributed by atoms with Crippen LogP contribution < -0.4 is 16.9 Å². The lowest BCUT2D eigenvalue weighted by Gasteiger charge is -2.09. The second-order valence-corrected chi connectivity index (χ2v) is 3.47. The predicted octanol–water partition coefficient (Wildman–Crippen LogP) is 0.180. The van der Waals surface area contributed by atoms with Crippen LogP contribution in [0.3, 0.4) is 0 Å². The molecule has 2 nitrogen and oxygen atoms in total. The van der Waals surface area contributed by atoms with Gasteiger partial charge in [0.1, 0.15) is 7.85 Å². The third-order valence-corrected chi connectivity index (χ3v) is 2.74. The van der Waals surface area contributed by atoms with Gasteiger partial charge in [-0.15, -0.1) is 0 Å². The van der Waals surface area contributed by atoms with Gasteiger partial charge >= 0.3 is 0 Å². The molecule has 0 aliphatic heterocycles. The number of halogens is 1. The SMILES string of the molecule is Bc1c(Br)cc(N)c(N)c1C. The van der Waals surface area contributed by atoms with Gasteiger partial charge in [0.15, 0.2) is 0 Å². The van der Waals surface area contributed by atoms with Gasteiger partial charge in [-0.3, -0.25) is 0 Å². The normalized spacial score (nSPS) is 10.0. The molecule has 0 bridgehead atoms. The molecule has 0 aliphatic rings. The second kappa shape index (κ2) is 2.78. The van der Waals surface area contributed by atoms with Crippen LogP contribution in [0.25, 0.3) is 0 Å². The highest BCUT2D eigenvalue weighted by Crippen LogP contribution is 2.21. The third kappa shape index (κ3) is 1.35. The monoisotopic (exact) mass is 212 g/mol. The molecule has 0 fully saturated rings. The fraction of sp³-hybridized carbons (Fsp3) is 0.143. The fourth-order valence-corrected chi connectivity index (χ4v) is 1.46. The van der Waals surface area contributed by atoms with Crippen LogP contribution in [0.4, 0.5) is 11.4 Å². The maximum absolute atomic E-state index is 5.71. The third-order valence-electron chi connectivity index (χ3n) is 1.92. The molecule has 0 aromatic heterocycles. The molecule has 1 aromatic rings. The molecule has 0 heterocycles. The van der Waals surface area contributed by atoms with Crippen LogP contribution in [0.15, 0.2) is 10.5 Å². The van der Waals surface area contributed by atoms with Gasteiger partial charge in [0, 0.05) is 4.47 Å². The lowest BCUT2D eigenvalue weighted by molar-refractivity contribution is 1.49. The van der Waals surface area contributed by atoms with Crippen LogP contribution in [0.1, 0.15) is 5.56 Å². The molecule has 4 N–H and O–H groups in total. The van der Waals surface area contributed by atoms with E-state index in [1.807, 2.05) is 20.8 Å². The molecule has 0 atom stereocenters. The Morgan fingerprint density at radius 1 is 1.45 bits per heavy atom. The minimum absolute atomic E-state index is 0.639. The minimum Gasteiger partial charge on any atom is -0.397 e. The van der Waals surface area contributed by atoms with Crippen molar-refractivity contribution in [1.29, 1.82) is 0 Å². The number of hydrogen-bond acceptors (Lipinski definition) is 2. The highest BCUT2D eigenvalue weighted by molar-refractivity contribution is 9.10. The summed E-state index contributed by atoms with van der Waals surface area (Å²) in [4.78, 5) is 0. The summed E-state index contributed by atoms with van der Waals surface area (Å²) in [5.41, 5.74) is 14.9. The summed E-state index contributed by atoms with van der Waals surface area (Å²) >= 11 is 3.40. The summed E-state index contributed by atoms with van der Waals surface area (Å²) in [6, 6.07) is 1.83. The van der Waals surface area contributed by atoms with Crippen molar-refractivity contribution >= 4 is 40.6 Å². The average molecular weight is 213 g/mol. The lowest BCUT2D eigenvalue weighted by atomic mass is 9.90. The van der Waals surface area contributed by atoms with E-state index in [-0.39, 0.29) is 0 Å². The predicted molar refractivity (Wildman–Crippen MR) is 55.9 cm³/mol. The van der Waals surface area contributed by atoms with Gasteiger partial charge in [-0.2, -0.15) is 0 Å². The molecule has 0 amide bonds. The van der Waals surface area contributed by atoms with Crippen LogP contribution in [0, 0.1) is 6.92 Å². The van der Waals surface area contributed by atoms with Gasteiger partial charge in [-0.05, 0) is 18.6 Å². The first-order valence-corrected chi connectivity index (χ1v) is 4.14. The van der Waals surface area contributed by atoms with Crippen molar-refractivity contribution in [3.8, 4) is 0 Å². The van der Waals surface area contributed by atoms with Gasteiger partial charge in [0.05, 0.1) is 11.4 Å². The molecule has 0 spiro atoms. The Morgan fingerprint density at radius 2 is 2.00 bits per heavy atom. The van der Waals surface area contributed by atoms with Crippen LogP contribution >= 0.6 is 15.9 Å². The van der Waals surface area contributed by atoms with E-state index < -0.39 is 0 Å². The molecule has 0 radical (unpaired) electrons. The zero-order valence-corrected chi connectivity index (χ0v) is 8.20. The molecule has 0 saturated heterocycles. The van der Waals surface area contributed by atoms with Crippen molar-refractivity contribution in [1.82, 2.24) is 0 Å². The van der Waals surface area contributed by atoms with Crippen LogP contribution in [0.5, 0.6) is 0 Å². The summed E-state index contributed by atoms with van der Waals surface area (Å²) in [6.45, 7) is 1.96. The van der Waals surface area contributed by atoms with E-state index in [4.69, 9.17) is 11.5 Å². The molecule has 4 heteroatoms. The van der Waals surface area contributed by atoms with E-state index in [2.05, 4.69) is 15.9 Å². The van der Waals surface area contributed by atoms with Gasteiger partial charge in [0.2, 0.25) is 0 Å². The van der Waals surface area contributed by atoms with E-state index in [1.165, 1.54) is 0 Å². The van der Waals surface area contributed by atoms with E-state index >= 15 is 0 Å². The van der Waals surface area contributed by atoms with Crippen molar-refractivity contribution in [2.45, 2.75) is 6.92 Å². The summed E-state index contributed by atoms with van der Waals surface area (Å²) in [5.74, 6) is 0. The van der Waals surface area contributed by atoms with Crippen molar-refractivity contribution in [3.05, 3.63) is 16.1 Å². The van der Waals surface area contributed by atoms with Gasteiger partial charge in [-0.1, -0.05) is 21.4 Å². The number of nitrogens with two attached hydrogens (primary N) is 2. The summed E-state index contributed by atoms with van der Waals surface area (Å²) in [6.07, 6.45) is 0. The molecule has 0 aliphatic carbocycles. The maximum Gasteiger partial charge on any atom is 0.141 e. The topological polar surface area (TPSA) is 52.0 Å². The zero-order chi connectivity index (χ0) is 8.59. The van der Waals surface area contributed by atoms with E-state index in [0.29, 0.717) is 11.4 Å². The van der Waals surface area contributed by atoms with E-state index in [1.54, 1.807) is 0 Å². The van der Waals surface area contributed by atoms with Crippen LogP contribution in [-0.4, -0.2) is 7.85 Å². The van der Waals surface area contributed by atoms with Crippen molar-refractivity contribution in [3.63, 3.8) is 0 Å². The Labute approximate surface area is 75.5 Å². The lowest BCUT2D eigenvalue weighted by Crippen LogP contribution is -2.13. The molecular weight excluding hydrogens is 203 g/mol. The average Bonchev–Trinajstić information content (AvgIpc) is 1.97. The van der Waals surface area contributed by atoms with Crippen molar-refractivity contribution in [2.75, 3.05) is 11.5 Å². The number of hydrogen-bond donors (Lipinski definition) is 2. The molecule has 58 valence electrons. The van der Waals surface area contributed by atoms with Gasteiger partial charge in [-0.25, -0.2) is 0 Å². The van der Waals surface area contributed by atoms with Gasteiger partial charge < -0.3 is 11.5 Å². The first-order chi connectivity index (χ1) is 5.04. The number of nitrogen functional groups attached to an aromatic ring is 2. The largest absolute Gasteiger partial charge is 0.397 e. The summed E-state index contributed by atoms with van der Waals surface area (Å²) < 4.78 is 1.02. The fourth-order valence-electron chi connectivity index (χ4n) is 0.920. The van der Waals surface area contributed by atoms with Crippen molar-refractivity contribution < 1.29 is 0 Å². The Kier molecular flexibility index (Phi) is 2.14. The van der Waals surface area contributed by atoms with Gasteiger partial charge in [0.25, 0.3) is 0 Å². The molecule has 11 heavy (non-hydrogen) atoms. The minimum atomic E-state index is 0.639. The Hall–Kier alpha value is -0.635. The molecule has 1 rings (SSSR count). The van der Waals surface area contributed by atoms with E-state index in [0.717, 1.165) is 15.5 Å². The van der Waals surface area contributed by atoms with E-state index in [9.17, 15) is 0 Å². The molecule has 1 aromatic carbocycles. The first-order valence-electron chi connectivity index (χ1n) is 3.34. The Morgan fingerprint density at radius 3 is 2.55 bits per heavy atom. The molecule has 0 unspecified atom stereocenters. The van der Waals surface area contributed by atoms with Crippen LogP contribution in [0.2, 0.25) is 0 Å². The quantitative estimate of drug-likeness (QED) is 0.477. The summed E-state index contributed by atoms with van der Waals surface area (Å²) in [7, 11) is 2.01. The number of anilines is 2. The Bertz CT molecular complexity index is 273. The first kappa shape index (κ1) is 8.46. The highest BCUT2D eigenvalue weighted by Gasteiger charge is 2.04.